The van der Waals surface area contributed by atoms with Crippen LogP contribution in [0.4, 0.5) is 4.39 Å². The number of halogens is 1. The Balaban J connectivity index is 1.30. The lowest BCUT2D eigenvalue weighted by Gasteiger charge is -2.39. The van der Waals surface area contributed by atoms with Crippen LogP contribution in [-0.4, -0.2) is 43.2 Å². The van der Waals surface area contributed by atoms with Crippen molar-refractivity contribution in [3.63, 3.8) is 0 Å². The van der Waals surface area contributed by atoms with Gasteiger partial charge in [-0.2, -0.15) is 0 Å². The Morgan fingerprint density at radius 1 is 0.969 bits per heavy atom. The molecule has 2 fully saturated rings. The van der Waals surface area contributed by atoms with Crippen LogP contribution < -0.4 is 5.32 Å². The molecule has 0 unspecified atom stereocenters. The number of nitrogens with zero attached hydrogens (tertiary/aromatic N) is 2. The Hall–Kier alpha value is -2.40. The second kappa shape index (κ2) is 8.51. The summed E-state index contributed by atoms with van der Waals surface area (Å²) >= 11 is 0. The predicted molar refractivity (Wildman–Crippen MR) is 124 cm³/mol. The highest BCUT2D eigenvalue weighted by atomic mass is 19.1. The number of benzene rings is 2. The smallest absolute Gasteiger partial charge is 0.288 e. The van der Waals surface area contributed by atoms with Gasteiger partial charge in [0, 0.05) is 12.5 Å². The zero-order valence-electron chi connectivity index (χ0n) is 18.6. The summed E-state index contributed by atoms with van der Waals surface area (Å²) < 4.78 is 20.2. The van der Waals surface area contributed by atoms with E-state index in [9.17, 15) is 4.39 Å². The van der Waals surface area contributed by atoms with Crippen molar-refractivity contribution in [2.24, 2.45) is 10.9 Å². The molecular formula is C27H32FN3O. The van der Waals surface area contributed by atoms with Crippen molar-refractivity contribution in [2.75, 3.05) is 26.2 Å². The highest BCUT2D eigenvalue weighted by molar-refractivity contribution is 5.77. The quantitative estimate of drug-likeness (QED) is 0.756. The Morgan fingerprint density at radius 3 is 2.50 bits per heavy atom. The fourth-order valence-electron chi connectivity index (χ4n) is 5.85. The summed E-state index contributed by atoms with van der Waals surface area (Å²) in [6.45, 7) is 3.76. The maximum Gasteiger partial charge on any atom is 0.288 e. The van der Waals surface area contributed by atoms with E-state index in [1.54, 1.807) is 12.1 Å². The van der Waals surface area contributed by atoms with Crippen LogP contribution in [0.2, 0.25) is 0 Å². The number of amidine groups is 1. The van der Waals surface area contributed by atoms with E-state index in [0.717, 1.165) is 62.9 Å². The van der Waals surface area contributed by atoms with Gasteiger partial charge in [0.25, 0.3) is 6.02 Å². The number of nitrogens with one attached hydrogen (secondary N) is 1. The molecular weight excluding hydrogens is 401 g/mol. The molecule has 3 heterocycles. The van der Waals surface area contributed by atoms with Crippen LogP contribution in [-0.2, 0) is 11.2 Å². The molecule has 168 valence electrons. The van der Waals surface area contributed by atoms with Crippen molar-refractivity contribution in [3.05, 3.63) is 70.5 Å². The Labute approximate surface area is 189 Å². The van der Waals surface area contributed by atoms with Crippen LogP contribution >= 0.6 is 0 Å². The van der Waals surface area contributed by atoms with E-state index in [2.05, 4.69) is 28.4 Å². The molecule has 5 heteroatoms. The van der Waals surface area contributed by atoms with Gasteiger partial charge < -0.3 is 15.0 Å². The van der Waals surface area contributed by atoms with E-state index in [4.69, 9.17) is 9.73 Å². The molecule has 0 radical (unpaired) electrons. The minimum atomic E-state index is -0.197. The van der Waals surface area contributed by atoms with Crippen LogP contribution in [0.1, 0.15) is 66.3 Å². The SMILES string of the molecule is Fc1ccc([C@H]2c3ccc(C4CCC4)cc3CCN2C2=NC[C@H](C3CCNCC3)O2)cc1. The molecule has 0 spiro atoms. The average molecular weight is 434 g/mol. The van der Waals surface area contributed by atoms with E-state index in [1.807, 2.05) is 12.1 Å². The molecule has 1 saturated carbocycles. The summed E-state index contributed by atoms with van der Waals surface area (Å²) in [5, 5.41) is 3.44. The van der Waals surface area contributed by atoms with Crippen LogP contribution in [0, 0.1) is 11.7 Å². The van der Waals surface area contributed by atoms with E-state index in [0.29, 0.717) is 5.92 Å². The fraction of sp³-hybridized carbons (Fsp3) is 0.519. The minimum absolute atomic E-state index is 0.0142. The van der Waals surface area contributed by atoms with E-state index < -0.39 is 0 Å². The molecule has 0 amide bonds. The van der Waals surface area contributed by atoms with E-state index >= 15 is 0 Å². The molecule has 1 saturated heterocycles. The lowest BCUT2D eigenvalue weighted by atomic mass is 9.78. The molecule has 32 heavy (non-hydrogen) atoms. The average Bonchev–Trinajstić information content (AvgIpc) is 3.29. The third-order valence-corrected chi connectivity index (χ3v) is 7.98. The Bertz CT molecular complexity index is 994. The number of piperidine rings is 1. The highest BCUT2D eigenvalue weighted by Gasteiger charge is 2.37. The first kappa shape index (κ1) is 20.2. The molecule has 3 aliphatic heterocycles. The van der Waals surface area contributed by atoms with Crippen LogP contribution in [0.25, 0.3) is 0 Å². The molecule has 4 aliphatic rings. The number of rotatable bonds is 3. The van der Waals surface area contributed by atoms with E-state index in [-0.39, 0.29) is 18.0 Å². The van der Waals surface area contributed by atoms with Gasteiger partial charge in [-0.15, -0.1) is 0 Å². The Morgan fingerprint density at radius 2 is 1.75 bits per heavy atom. The number of hydrogen-bond donors (Lipinski definition) is 1. The standard InChI is InChI=1S/C27H32FN3O/c28-23-7-4-20(5-8-23)26-24-9-6-21(18-2-1-3-18)16-22(24)12-15-31(26)27-30-17-25(32-27)19-10-13-29-14-11-19/h4-9,16,18-19,25-26,29H,1-3,10-15,17H2/t25-,26+/m1/s1. The summed E-state index contributed by atoms with van der Waals surface area (Å²) in [4.78, 5) is 7.20. The topological polar surface area (TPSA) is 36.9 Å². The van der Waals surface area contributed by atoms with Gasteiger partial charge in [0.1, 0.15) is 11.9 Å². The zero-order valence-corrected chi connectivity index (χ0v) is 18.6. The normalized spacial score (nSPS) is 26.3. The zero-order chi connectivity index (χ0) is 21.5. The van der Waals surface area contributed by atoms with Crippen molar-refractivity contribution < 1.29 is 9.13 Å². The largest absolute Gasteiger partial charge is 0.460 e. The van der Waals surface area contributed by atoms with Gasteiger partial charge in [0.15, 0.2) is 0 Å². The third kappa shape index (κ3) is 3.71. The van der Waals surface area contributed by atoms with Crippen molar-refractivity contribution in [1.82, 2.24) is 10.2 Å². The molecule has 1 aliphatic carbocycles. The van der Waals surface area contributed by atoms with Gasteiger partial charge >= 0.3 is 0 Å². The highest BCUT2D eigenvalue weighted by Crippen LogP contribution is 2.41. The lowest BCUT2D eigenvalue weighted by molar-refractivity contribution is 0.102. The maximum atomic E-state index is 13.7. The molecule has 2 aromatic rings. The first-order valence-electron chi connectivity index (χ1n) is 12.3. The van der Waals surface area contributed by atoms with Gasteiger partial charge in [-0.25, -0.2) is 9.38 Å². The molecule has 6 rings (SSSR count). The van der Waals surface area contributed by atoms with Crippen molar-refractivity contribution >= 4 is 6.02 Å². The molecule has 1 N–H and O–H groups in total. The van der Waals surface area contributed by atoms with Gasteiger partial charge in [0.05, 0.1) is 12.6 Å². The molecule has 0 bridgehead atoms. The number of hydrogen-bond acceptors (Lipinski definition) is 4. The van der Waals surface area contributed by atoms with Crippen LogP contribution in [0.15, 0.2) is 47.5 Å². The predicted octanol–water partition coefficient (Wildman–Crippen LogP) is 4.80. The molecule has 2 atom stereocenters. The second-order valence-corrected chi connectivity index (χ2v) is 9.85. The monoisotopic (exact) mass is 433 g/mol. The number of aliphatic imine (C=N–C) groups is 1. The van der Waals surface area contributed by atoms with Crippen LogP contribution in [0.3, 0.4) is 0 Å². The van der Waals surface area contributed by atoms with Gasteiger partial charge in [-0.05, 0) is 85.5 Å². The second-order valence-electron chi connectivity index (χ2n) is 9.85. The van der Waals surface area contributed by atoms with Gasteiger partial charge in [-0.3, -0.25) is 0 Å². The number of ether oxygens (including phenoxy) is 1. The fourth-order valence-corrected chi connectivity index (χ4v) is 5.85. The summed E-state index contributed by atoms with van der Waals surface area (Å²) in [7, 11) is 0. The maximum absolute atomic E-state index is 13.7. The summed E-state index contributed by atoms with van der Waals surface area (Å²) in [6, 6.07) is 14.8. The summed E-state index contributed by atoms with van der Waals surface area (Å²) in [5.41, 5.74) is 5.32. The Kier molecular flexibility index (Phi) is 5.38. The summed E-state index contributed by atoms with van der Waals surface area (Å²) in [6.07, 6.45) is 7.47. The van der Waals surface area contributed by atoms with Gasteiger partial charge in [-0.1, -0.05) is 36.8 Å². The molecule has 2 aromatic carbocycles. The lowest BCUT2D eigenvalue weighted by Crippen LogP contribution is -2.42. The van der Waals surface area contributed by atoms with Crippen LogP contribution in [0.5, 0.6) is 0 Å². The summed E-state index contributed by atoms with van der Waals surface area (Å²) in [5.74, 6) is 1.11. The molecule has 0 aromatic heterocycles. The van der Waals surface area contributed by atoms with Crippen molar-refractivity contribution in [1.29, 1.82) is 0 Å². The molecule has 4 nitrogen and oxygen atoms in total. The van der Waals surface area contributed by atoms with Gasteiger partial charge in [0.2, 0.25) is 0 Å². The number of fused-ring (bicyclic) bond motifs is 1. The first-order chi connectivity index (χ1) is 15.8. The third-order valence-electron chi connectivity index (χ3n) is 7.98. The van der Waals surface area contributed by atoms with Crippen molar-refractivity contribution in [3.8, 4) is 0 Å². The van der Waals surface area contributed by atoms with Crippen molar-refractivity contribution in [2.45, 2.75) is 56.6 Å². The first-order valence-corrected chi connectivity index (χ1v) is 12.3. The minimum Gasteiger partial charge on any atom is -0.460 e. The van der Waals surface area contributed by atoms with E-state index in [1.165, 1.54) is 36.0 Å².